The molecule has 2 aromatic heterocycles. The fourth-order valence-electron chi connectivity index (χ4n) is 4.58. The smallest absolute Gasteiger partial charge is 0.307 e. The van der Waals surface area contributed by atoms with Crippen LogP contribution in [-0.4, -0.2) is 69.9 Å². The van der Waals surface area contributed by atoms with Crippen molar-refractivity contribution < 1.29 is 14.3 Å². The highest BCUT2D eigenvalue weighted by Crippen LogP contribution is 2.21. The van der Waals surface area contributed by atoms with Crippen LogP contribution in [0.3, 0.4) is 0 Å². The summed E-state index contributed by atoms with van der Waals surface area (Å²) in [4.78, 5) is 39.0. The lowest BCUT2D eigenvalue weighted by Crippen LogP contribution is -2.34. The molecular formula is C31H38N8O3. The van der Waals surface area contributed by atoms with E-state index in [1.54, 1.807) is 48.7 Å². The SMILES string of the molecule is CCN(CC)CCOC(=O)CCN(C(=O)c1ccc2c(c1)nc(CNc1ccc(C(=N)N)cc1)n2C)c1ccccn1. The number of pyridine rings is 1. The number of hydrogen-bond acceptors (Lipinski definition) is 8. The second-order valence-electron chi connectivity index (χ2n) is 9.78. The molecule has 0 aliphatic rings. The minimum absolute atomic E-state index is 0.0228. The van der Waals surface area contributed by atoms with Gasteiger partial charge in [-0.15, -0.1) is 0 Å². The molecule has 2 aromatic carbocycles. The molecule has 1 amide bonds. The van der Waals surface area contributed by atoms with Crippen molar-refractivity contribution in [3.8, 4) is 0 Å². The molecule has 0 saturated heterocycles. The second kappa shape index (κ2) is 14.2. The zero-order valence-corrected chi connectivity index (χ0v) is 24.3. The van der Waals surface area contributed by atoms with Crippen molar-refractivity contribution in [2.24, 2.45) is 12.8 Å². The molecule has 11 heteroatoms. The molecule has 220 valence electrons. The number of nitrogens with zero attached hydrogens (tertiary/aromatic N) is 5. The van der Waals surface area contributed by atoms with Crippen LogP contribution in [-0.2, 0) is 23.1 Å². The Morgan fingerprint density at radius 3 is 2.43 bits per heavy atom. The van der Waals surface area contributed by atoms with Crippen LogP contribution in [0.25, 0.3) is 11.0 Å². The molecule has 0 radical (unpaired) electrons. The van der Waals surface area contributed by atoms with Gasteiger partial charge in [0.2, 0.25) is 0 Å². The average Bonchev–Trinajstić information content (AvgIpc) is 3.33. The predicted molar refractivity (Wildman–Crippen MR) is 165 cm³/mol. The van der Waals surface area contributed by atoms with Gasteiger partial charge in [0.25, 0.3) is 5.91 Å². The largest absolute Gasteiger partial charge is 0.464 e. The number of aromatic nitrogens is 3. The average molecular weight is 571 g/mol. The number of likely N-dealkylation sites (N-methyl/N-ethyl adjacent to an activating group) is 1. The van der Waals surface area contributed by atoms with E-state index in [2.05, 4.69) is 29.0 Å². The zero-order valence-electron chi connectivity index (χ0n) is 24.3. The predicted octanol–water partition coefficient (Wildman–Crippen LogP) is 3.79. The van der Waals surface area contributed by atoms with Gasteiger partial charge in [-0.1, -0.05) is 19.9 Å². The Morgan fingerprint density at radius 1 is 1.02 bits per heavy atom. The number of aryl methyl sites for hydroxylation is 1. The monoisotopic (exact) mass is 570 g/mol. The first-order chi connectivity index (χ1) is 20.3. The highest BCUT2D eigenvalue weighted by molar-refractivity contribution is 6.07. The minimum atomic E-state index is -0.357. The van der Waals surface area contributed by atoms with Crippen LogP contribution in [0, 0.1) is 5.41 Å². The third-order valence-electron chi connectivity index (χ3n) is 7.14. The highest BCUT2D eigenvalue weighted by Gasteiger charge is 2.21. The van der Waals surface area contributed by atoms with E-state index >= 15 is 0 Å². The fourth-order valence-corrected chi connectivity index (χ4v) is 4.58. The molecule has 4 N–H and O–H groups in total. The summed E-state index contributed by atoms with van der Waals surface area (Å²) in [6.07, 6.45) is 1.67. The van der Waals surface area contributed by atoms with Gasteiger partial charge in [0.15, 0.2) is 0 Å². The topological polar surface area (TPSA) is 142 Å². The van der Waals surface area contributed by atoms with Crippen LogP contribution in [0.1, 0.15) is 42.0 Å². The van der Waals surface area contributed by atoms with Crippen LogP contribution in [0.2, 0.25) is 0 Å². The molecular weight excluding hydrogens is 532 g/mol. The van der Waals surface area contributed by atoms with Gasteiger partial charge in [-0.25, -0.2) is 9.97 Å². The Morgan fingerprint density at radius 2 is 1.76 bits per heavy atom. The number of rotatable bonds is 14. The molecule has 11 nitrogen and oxygen atoms in total. The van der Waals surface area contributed by atoms with Gasteiger partial charge in [-0.05, 0) is 67.7 Å². The highest BCUT2D eigenvalue weighted by atomic mass is 16.5. The number of imidazole rings is 1. The number of carbonyl (C=O) groups excluding carboxylic acids is 2. The van der Waals surface area contributed by atoms with Gasteiger partial charge >= 0.3 is 5.97 Å². The Kier molecular flexibility index (Phi) is 10.2. The van der Waals surface area contributed by atoms with Crippen LogP contribution in [0.5, 0.6) is 0 Å². The number of hydrogen-bond donors (Lipinski definition) is 3. The van der Waals surface area contributed by atoms with E-state index < -0.39 is 0 Å². The number of esters is 1. The molecule has 0 fully saturated rings. The Hall–Kier alpha value is -4.77. The van der Waals surface area contributed by atoms with Gasteiger partial charge < -0.3 is 25.3 Å². The Bertz CT molecular complexity index is 1510. The third kappa shape index (κ3) is 7.49. The molecule has 2 heterocycles. The number of amidine groups is 1. The van der Waals surface area contributed by atoms with E-state index in [0.29, 0.717) is 42.2 Å². The van der Waals surface area contributed by atoms with Gasteiger partial charge in [-0.2, -0.15) is 0 Å². The van der Waals surface area contributed by atoms with E-state index in [0.717, 1.165) is 30.1 Å². The molecule has 42 heavy (non-hydrogen) atoms. The number of carbonyl (C=O) groups is 2. The molecule has 4 aromatic rings. The van der Waals surface area contributed by atoms with E-state index in [1.165, 1.54) is 4.90 Å². The summed E-state index contributed by atoms with van der Waals surface area (Å²) in [7, 11) is 1.93. The molecule has 0 bridgehead atoms. The van der Waals surface area contributed by atoms with Crippen molar-refractivity contribution >= 4 is 40.3 Å². The van der Waals surface area contributed by atoms with Gasteiger partial charge in [0, 0.05) is 43.1 Å². The van der Waals surface area contributed by atoms with Crippen molar-refractivity contribution in [1.29, 1.82) is 5.41 Å². The van der Waals surface area contributed by atoms with Crippen LogP contribution in [0.4, 0.5) is 11.5 Å². The first-order valence-corrected chi connectivity index (χ1v) is 14.0. The molecule has 0 saturated carbocycles. The molecule has 0 aliphatic heterocycles. The lowest BCUT2D eigenvalue weighted by atomic mass is 10.1. The van der Waals surface area contributed by atoms with Crippen molar-refractivity contribution in [1.82, 2.24) is 19.4 Å². The van der Waals surface area contributed by atoms with E-state index in [-0.39, 0.29) is 30.7 Å². The third-order valence-corrected chi connectivity index (χ3v) is 7.14. The number of ether oxygens (including phenoxy) is 1. The zero-order chi connectivity index (χ0) is 30.1. The van der Waals surface area contributed by atoms with E-state index in [9.17, 15) is 9.59 Å². The first kappa shape index (κ1) is 30.2. The molecule has 0 unspecified atom stereocenters. The van der Waals surface area contributed by atoms with Crippen LogP contribution < -0.4 is 16.0 Å². The summed E-state index contributed by atoms with van der Waals surface area (Å²) >= 11 is 0. The number of fused-ring (bicyclic) bond motifs is 1. The molecule has 0 spiro atoms. The summed E-state index contributed by atoms with van der Waals surface area (Å²) in [6.45, 7) is 7.51. The summed E-state index contributed by atoms with van der Waals surface area (Å²) in [5, 5.41) is 10.9. The number of amides is 1. The standard InChI is InChI=1S/C31H38N8O3/c1-4-38(5-2)18-19-42-29(40)15-17-39(27-8-6-7-16-34-27)31(41)23-11-14-26-25(20-23)36-28(37(26)3)21-35-24-12-9-22(10-13-24)30(32)33/h6-14,16,20,35H,4-5,15,17-19,21H2,1-3H3,(H3,32,33). The lowest BCUT2D eigenvalue weighted by molar-refractivity contribution is -0.143. The van der Waals surface area contributed by atoms with Crippen LogP contribution >= 0.6 is 0 Å². The maximum atomic E-state index is 13.7. The van der Waals surface area contributed by atoms with E-state index in [1.807, 2.05) is 29.8 Å². The fraction of sp³-hybridized carbons (Fsp3) is 0.323. The van der Waals surface area contributed by atoms with Crippen LogP contribution in [0.15, 0.2) is 66.9 Å². The second-order valence-corrected chi connectivity index (χ2v) is 9.78. The normalized spacial score (nSPS) is 11.0. The van der Waals surface area contributed by atoms with Gasteiger partial charge in [-0.3, -0.25) is 19.9 Å². The number of nitrogens with one attached hydrogen (secondary N) is 2. The van der Waals surface area contributed by atoms with Crippen molar-refractivity contribution in [3.63, 3.8) is 0 Å². The van der Waals surface area contributed by atoms with E-state index in [4.69, 9.17) is 20.9 Å². The molecule has 0 aliphatic carbocycles. The van der Waals surface area contributed by atoms with Crippen molar-refractivity contribution in [2.45, 2.75) is 26.8 Å². The maximum Gasteiger partial charge on any atom is 0.307 e. The Labute approximate surface area is 245 Å². The molecule has 0 atom stereocenters. The maximum absolute atomic E-state index is 13.7. The number of benzene rings is 2. The first-order valence-electron chi connectivity index (χ1n) is 14.0. The van der Waals surface area contributed by atoms with Gasteiger partial charge in [0.1, 0.15) is 24.1 Å². The summed E-state index contributed by atoms with van der Waals surface area (Å²) in [5.74, 6) is 0.640. The summed E-state index contributed by atoms with van der Waals surface area (Å²) < 4.78 is 7.40. The summed E-state index contributed by atoms with van der Waals surface area (Å²) in [6, 6.07) is 18.0. The van der Waals surface area contributed by atoms with Crippen molar-refractivity contribution in [2.75, 3.05) is 43.0 Å². The minimum Gasteiger partial charge on any atom is -0.464 e. The van der Waals surface area contributed by atoms with Crippen molar-refractivity contribution in [3.05, 3.63) is 83.8 Å². The molecule has 4 rings (SSSR count). The quantitative estimate of drug-likeness (QED) is 0.118. The number of anilines is 2. The number of nitrogen functional groups attached to an aromatic ring is 1. The Balaban J connectivity index is 1.46. The van der Waals surface area contributed by atoms with Gasteiger partial charge in [0.05, 0.1) is 24.0 Å². The number of nitrogens with two attached hydrogens (primary N) is 1. The summed E-state index contributed by atoms with van der Waals surface area (Å²) in [5.41, 5.74) is 9.09. The lowest BCUT2D eigenvalue weighted by Gasteiger charge is -2.22.